The van der Waals surface area contributed by atoms with E-state index in [0.29, 0.717) is 28.2 Å². The molecule has 0 saturated carbocycles. The number of hydrogen-bond donors (Lipinski definition) is 1. The predicted molar refractivity (Wildman–Crippen MR) is 73.8 cm³/mol. The van der Waals surface area contributed by atoms with Crippen LogP contribution in [-0.2, 0) is 4.79 Å². The first-order valence-corrected chi connectivity index (χ1v) is 6.03. The molecule has 2 aromatic rings. The van der Waals surface area contributed by atoms with Gasteiger partial charge in [-0.2, -0.15) is 5.26 Å². The second kappa shape index (κ2) is 4.56. The van der Waals surface area contributed by atoms with E-state index in [9.17, 15) is 10.1 Å². The first-order valence-electron chi connectivity index (χ1n) is 6.03. The normalized spacial score (nSPS) is 11.7. The van der Waals surface area contributed by atoms with E-state index in [1.54, 1.807) is 24.3 Å². The van der Waals surface area contributed by atoms with Gasteiger partial charge in [0.15, 0.2) is 0 Å². The van der Waals surface area contributed by atoms with Crippen LogP contribution in [0.5, 0.6) is 11.5 Å². The van der Waals surface area contributed by atoms with Crippen LogP contribution in [0.15, 0.2) is 54.1 Å². The van der Waals surface area contributed by atoms with Crippen LogP contribution in [0.4, 0.5) is 0 Å². The maximum absolute atomic E-state index is 11.6. The van der Waals surface area contributed by atoms with Crippen LogP contribution in [-0.4, -0.2) is 5.91 Å². The van der Waals surface area contributed by atoms with Gasteiger partial charge in [0.2, 0.25) is 0 Å². The Labute approximate surface area is 115 Å². The Morgan fingerprint density at radius 2 is 1.50 bits per heavy atom. The molecule has 4 heteroatoms. The van der Waals surface area contributed by atoms with Crippen molar-refractivity contribution >= 4 is 11.5 Å². The number of carbonyl (C=O) groups is 1. The van der Waals surface area contributed by atoms with Gasteiger partial charge in [0.25, 0.3) is 5.91 Å². The molecule has 4 nitrogen and oxygen atoms in total. The zero-order chi connectivity index (χ0) is 14.1. The predicted octanol–water partition coefficient (Wildman–Crippen LogP) is 2.60. The molecule has 1 aliphatic heterocycles. The molecule has 0 radical (unpaired) electrons. The van der Waals surface area contributed by atoms with Crippen molar-refractivity contribution in [3.8, 4) is 17.6 Å². The van der Waals surface area contributed by atoms with Crippen LogP contribution in [0.3, 0.4) is 0 Å². The number of amides is 1. The van der Waals surface area contributed by atoms with Crippen molar-refractivity contribution in [2.75, 3.05) is 0 Å². The van der Waals surface area contributed by atoms with Crippen LogP contribution in [0, 0.1) is 11.3 Å². The van der Waals surface area contributed by atoms with Gasteiger partial charge in [-0.1, -0.05) is 36.4 Å². The second-order valence-electron chi connectivity index (χ2n) is 4.32. The number of ether oxygens (including phenoxy) is 1. The van der Waals surface area contributed by atoms with E-state index in [-0.39, 0.29) is 5.57 Å². The number of primary amides is 1. The molecular formula is C16H10N2O2. The number of nitriles is 1. The molecule has 0 fully saturated rings. The maximum atomic E-state index is 11.6. The number of para-hydroxylation sites is 2. The summed E-state index contributed by atoms with van der Waals surface area (Å²) in [6.45, 7) is 0. The molecule has 0 atom stereocenters. The Hall–Kier alpha value is -3.06. The summed E-state index contributed by atoms with van der Waals surface area (Å²) in [4.78, 5) is 11.6. The molecule has 0 saturated heterocycles. The first kappa shape index (κ1) is 12.0. The third-order valence-electron chi connectivity index (χ3n) is 3.14. The van der Waals surface area contributed by atoms with E-state index < -0.39 is 5.91 Å². The molecule has 0 unspecified atom stereocenters. The monoisotopic (exact) mass is 262 g/mol. The quantitative estimate of drug-likeness (QED) is 0.541. The summed E-state index contributed by atoms with van der Waals surface area (Å²) in [5, 5.41) is 9.25. The fraction of sp³-hybridized carbons (Fsp3) is 0. The number of fused-ring (bicyclic) bond motifs is 2. The standard InChI is InChI=1S/C16H10N2O2/c17-9-12(16(18)19)15-10-5-1-3-7-13(10)20-14-8-4-2-6-11(14)15/h1-8H,(H2,18,19). The van der Waals surface area contributed by atoms with Crippen molar-refractivity contribution in [2.24, 2.45) is 5.73 Å². The van der Waals surface area contributed by atoms with Crippen molar-refractivity contribution in [1.82, 2.24) is 0 Å². The lowest BCUT2D eigenvalue weighted by molar-refractivity contribution is -0.114. The van der Waals surface area contributed by atoms with Gasteiger partial charge < -0.3 is 10.5 Å². The van der Waals surface area contributed by atoms with Gasteiger partial charge in [-0.15, -0.1) is 0 Å². The zero-order valence-electron chi connectivity index (χ0n) is 10.5. The van der Waals surface area contributed by atoms with Crippen LogP contribution in [0.25, 0.3) is 5.57 Å². The average molecular weight is 262 g/mol. The van der Waals surface area contributed by atoms with Gasteiger partial charge in [0.1, 0.15) is 23.1 Å². The lowest BCUT2D eigenvalue weighted by Gasteiger charge is -2.23. The van der Waals surface area contributed by atoms with Crippen molar-refractivity contribution in [3.63, 3.8) is 0 Å². The number of carbonyl (C=O) groups excluding carboxylic acids is 1. The van der Waals surface area contributed by atoms with Crippen molar-refractivity contribution in [1.29, 1.82) is 5.26 Å². The fourth-order valence-corrected chi connectivity index (χ4v) is 2.29. The highest BCUT2D eigenvalue weighted by Gasteiger charge is 2.26. The lowest BCUT2D eigenvalue weighted by Crippen LogP contribution is -2.16. The van der Waals surface area contributed by atoms with Crippen LogP contribution in [0.1, 0.15) is 11.1 Å². The van der Waals surface area contributed by atoms with Crippen LogP contribution >= 0.6 is 0 Å². The fourth-order valence-electron chi connectivity index (χ4n) is 2.29. The number of hydrogen-bond acceptors (Lipinski definition) is 3. The molecular weight excluding hydrogens is 252 g/mol. The zero-order valence-corrected chi connectivity index (χ0v) is 10.5. The number of nitrogens with zero attached hydrogens (tertiary/aromatic N) is 1. The van der Waals surface area contributed by atoms with Gasteiger partial charge in [-0.25, -0.2) is 0 Å². The van der Waals surface area contributed by atoms with Gasteiger partial charge in [-0.3, -0.25) is 4.79 Å². The van der Waals surface area contributed by atoms with Crippen molar-refractivity contribution < 1.29 is 9.53 Å². The SMILES string of the molecule is N#CC(C(N)=O)=C1c2ccccc2Oc2ccccc21. The Morgan fingerprint density at radius 1 is 1.00 bits per heavy atom. The summed E-state index contributed by atoms with van der Waals surface area (Å²) in [7, 11) is 0. The average Bonchev–Trinajstić information content (AvgIpc) is 2.47. The molecule has 0 aliphatic carbocycles. The summed E-state index contributed by atoms with van der Waals surface area (Å²) >= 11 is 0. The number of benzene rings is 2. The minimum absolute atomic E-state index is 0.0619. The Morgan fingerprint density at radius 3 is 1.95 bits per heavy atom. The molecule has 3 rings (SSSR count). The molecule has 0 bridgehead atoms. The summed E-state index contributed by atoms with van der Waals surface area (Å²) < 4.78 is 5.79. The number of rotatable bonds is 1. The summed E-state index contributed by atoms with van der Waals surface area (Å²) in [5.41, 5.74) is 7.19. The molecule has 96 valence electrons. The highest BCUT2D eigenvalue weighted by molar-refractivity contribution is 6.09. The van der Waals surface area contributed by atoms with E-state index in [1.165, 1.54) is 0 Å². The molecule has 1 heterocycles. The van der Waals surface area contributed by atoms with Crippen molar-refractivity contribution in [2.45, 2.75) is 0 Å². The molecule has 1 amide bonds. The summed E-state index contributed by atoms with van der Waals surface area (Å²) in [5.74, 6) is 0.472. The Bertz CT molecular complexity index is 738. The summed E-state index contributed by atoms with van der Waals surface area (Å²) in [6, 6.07) is 16.4. The van der Waals surface area contributed by atoms with Crippen LogP contribution < -0.4 is 10.5 Å². The smallest absolute Gasteiger partial charge is 0.260 e. The summed E-state index contributed by atoms with van der Waals surface area (Å²) in [6.07, 6.45) is 0. The van der Waals surface area contributed by atoms with Gasteiger partial charge in [0.05, 0.1) is 0 Å². The number of nitrogens with two attached hydrogens (primary N) is 1. The Kier molecular flexibility index (Phi) is 2.73. The molecule has 1 aliphatic rings. The molecule has 2 N–H and O–H groups in total. The van der Waals surface area contributed by atoms with Gasteiger partial charge in [0, 0.05) is 16.7 Å². The van der Waals surface area contributed by atoms with E-state index >= 15 is 0 Å². The highest BCUT2D eigenvalue weighted by atomic mass is 16.5. The van der Waals surface area contributed by atoms with Crippen LogP contribution in [0.2, 0.25) is 0 Å². The van der Waals surface area contributed by atoms with Gasteiger partial charge >= 0.3 is 0 Å². The molecule has 2 aromatic carbocycles. The Balaban J connectivity index is 2.40. The van der Waals surface area contributed by atoms with Crippen molar-refractivity contribution in [3.05, 3.63) is 65.2 Å². The maximum Gasteiger partial charge on any atom is 0.260 e. The van der Waals surface area contributed by atoms with E-state index in [2.05, 4.69) is 0 Å². The third-order valence-corrected chi connectivity index (χ3v) is 3.14. The largest absolute Gasteiger partial charge is 0.456 e. The second-order valence-corrected chi connectivity index (χ2v) is 4.32. The minimum Gasteiger partial charge on any atom is -0.456 e. The topological polar surface area (TPSA) is 76.1 Å². The van der Waals surface area contributed by atoms with E-state index in [1.807, 2.05) is 30.3 Å². The molecule has 20 heavy (non-hydrogen) atoms. The minimum atomic E-state index is -0.742. The van der Waals surface area contributed by atoms with E-state index in [0.717, 1.165) is 0 Å². The van der Waals surface area contributed by atoms with E-state index in [4.69, 9.17) is 10.5 Å². The molecule has 0 spiro atoms. The van der Waals surface area contributed by atoms with Gasteiger partial charge in [-0.05, 0) is 12.1 Å². The molecule has 0 aromatic heterocycles. The first-order chi connectivity index (χ1) is 9.72. The third kappa shape index (κ3) is 1.73. The highest BCUT2D eigenvalue weighted by Crippen LogP contribution is 2.44. The lowest BCUT2D eigenvalue weighted by atomic mass is 9.90.